The fourth-order valence-corrected chi connectivity index (χ4v) is 0.691. The van der Waals surface area contributed by atoms with Crippen molar-refractivity contribution in [2.24, 2.45) is 5.73 Å². The van der Waals surface area contributed by atoms with Crippen molar-refractivity contribution in [2.75, 3.05) is 13.1 Å². The van der Waals surface area contributed by atoms with Crippen molar-refractivity contribution in [1.29, 1.82) is 0 Å². The van der Waals surface area contributed by atoms with Crippen LogP contribution in [0.3, 0.4) is 0 Å². The summed E-state index contributed by atoms with van der Waals surface area (Å²) in [5.41, 5.74) is 12.2. The van der Waals surface area contributed by atoms with Gasteiger partial charge in [0.1, 0.15) is 0 Å². The third-order valence-corrected chi connectivity index (χ3v) is 1.29. The summed E-state index contributed by atoms with van der Waals surface area (Å²) < 4.78 is 0. The van der Waals surface area contributed by atoms with E-state index in [1.54, 1.807) is 0 Å². The van der Waals surface area contributed by atoms with E-state index in [1.165, 1.54) is 0 Å². The largest absolute Gasteiger partial charge is 0.330 e. The third kappa shape index (κ3) is 7.66. The first-order valence-electron chi connectivity index (χ1n) is 3.91. The summed E-state index contributed by atoms with van der Waals surface area (Å²) in [7, 11) is 0. The van der Waals surface area contributed by atoms with Gasteiger partial charge in [0.05, 0.1) is 0 Å². The number of hydrogen-bond acceptors (Lipinski definition) is 1. The van der Waals surface area contributed by atoms with Gasteiger partial charge in [0.2, 0.25) is 0 Å². The van der Waals surface area contributed by atoms with E-state index in [1.807, 2.05) is 0 Å². The molecule has 10 heavy (non-hydrogen) atoms. The van der Waals surface area contributed by atoms with E-state index in [9.17, 15) is 0 Å². The molecule has 59 valence electrons. The van der Waals surface area contributed by atoms with Crippen LogP contribution in [-0.2, 0) is 0 Å². The highest BCUT2D eigenvalue weighted by atomic mass is 14.5. The Morgan fingerprint density at radius 1 is 1.10 bits per heavy atom. The average Bonchev–Trinajstić information content (AvgIpc) is 1.97. The highest BCUT2D eigenvalue weighted by Crippen LogP contribution is 1.93. The molecule has 0 fully saturated rings. The number of allylic oxidation sites excluding steroid dienone is 2. The average molecular weight is 141 g/mol. The van der Waals surface area contributed by atoms with Gasteiger partial charge in [-0.3, -0.25) is 5.73 Å². The molecule has 0 aromatic rings. The van der Waals surface area contributed by atoms with Gasteiger partial charge in [-0.2, -0.15) is 0 Å². The second-order valence-electron chi connectivity index (χ2n) is 2.29. The number of hydrogen-bond donors (Lipinski definition) is 1. The lowest BCUT2D eigenvalue weighted by molar-refractivity contribution is 0.821. The van der Waals surface area contributed by atoms with Crippen molar-refractivity contribution in [3.8, 4) is 0 Å². The summed E-state index contributed by atoms with van der Waals surface area (Å²) in [6.45, 7) is 1.32. The Morgan fingerprint density at radius 2 is 1.70 bits per heavy atom. The van der Waals surface area contributed by atoms with Gasteiger partial charge in [-0.15, -0.1) is 0 Å². The van der Waals surface area contributed by atoms with E-state index in [-0.39, 0.29) is 0 Å². The van der Waals surface area contributed by atoms with Crippen LogP contribution in [0.4, 0.5) is 0 Å². The van der Waals surface area contributed by atoms with Crippen LogP contribution in [0.15, 0.2) is 12.2 Å². The first-order chi connectivity index (χ1) is 4.91. The standard InChI is InChI=1S/C8H17N2/c9-7-5-3-1-2-4-6-8-10/h1-2,9H,3-8,10H2/b2-1+. The lowest BCUT2D eigenvalue weighted by atomic mass is 10.2. The topological polar surface area (TPSA) is 49.8 Å². The van der Waals surface area contributed by atoms with Crippen molar-refractivity contribution in [1.82, 2.24) is 5.73 Å². The number of nitrogens with one attached hydrogen (secondary N) is 1. The Labute approximate surface area is 63.3 Å². The fourth-order valence-electron chi connectivity index (χ4n) is 0.691. The zero-order valence-corrected chi connectivity index (χ0v) is 6.47. The molecule has 0 unspecified atom stereocenters. The molecule has 0 aliphatic rings. The summed E-state index contributed by atoms with van der Waals surface area (Å²) in [6, 6.07) is 0. The fraction of sp³-hybridized carbons (Fsp3) is 0.750. The minimum Gasteiger partial charge on any atom is -0.330 e. The molecule has 0 aromatic carbocycles. The van der Waals surface area contributed by atoms with E-state index in [0.29, 0.717) is 6.54 Å². The second-order valence-corrected chi connectivity index (χ2v) is 2.29. The van der Waals surface area contributed by atoms with E-state index >= 15 is 0 Å². The minimum atomic E-state index is 0.543. The summed E-state index contributed by atoms with van der Waals surface area (Å²) in [6.07, 6.45) is 8.51. The van der Waals surface area contributed by atoms with E-state index < -0.39 is 0 Å². The zero-order valence-electron chi connectivity index (χ0n) is 6.47. The molecule has 0 aromatic heterocycles. The van der Waals surface area contributed by atoms with Crippen LogP contribution in [0.25, 0.3) is 0 Å². The molecule has 2 nitrogen and oxygen atoms in total. The van der Waals surface area contributed by atoms with Crippen molar-refractivity contribution in [2.45, 2.75) is 25.7 Å². The van der Waals surface area contributed by atoms with Gasteiger partial charge in [-0.1, -0.05) is 12.2 Å². The summed E-state index contributed by atoms with van der Waals surface area (Å²) in [5, 5.41) is 0. The molecule has 3 N–H and O–H groups in total. The summed E-state index contributed by atoms with van der Waals surface area (Å²) >= 11 is 0. The normalized spacial score (nSPS) is 11.0. The van der Waals surface area contributed by atoms with Crippen LogP contribution < -0.4 is 11.5 Å². The van der Waals surface area contributed by atoms with Crippen LogP contribution in [-0.4, -0.2) is 13.1 Å². The first kappa shape index (κ1) is 9.66. The molecule has 0 atom stereocenters. The van der Waals surface area contributed by atoms with Crippen LogP contribution >= 0.6 is 0 Å². The van der Waals surface area contributed by atoms with E-state index in [0.717, 1.165) is 32.2 Å². The van der Waals surface area contributed by atoms with Gasteiger partial charge in [-0.05, 0) is 32.2 Å². The molecular formula is C8H17N2. The molecule has 0 spiro atoms. The second kappa shape index (κ2) is 8.66. The molecular weight excluding hydrogens is 124 g/mol. The highest BCUT2D eigenvalue weighted by Gasteiger charge is 1.79. The maximum atomic E-state index is 6.87. The van der Waals surface area contributed by atoms with E-state index in [4.69, 9.17) is 11.5 Å². The molecule has 0 heterocycles. The van der Waals surface area contributed by atoms with Crippen LogP contribution in [0.2, 0.25) is 0 Å². The Bertz CT molecular complexity index is 69.3. The van der Waals surface area contributed by atoms with Gasteiger partial charge in [0, 0.05) is 6.54 Å². The predicted molar refractivity (Wildman–Crippen MR) is 44.6 cm³/mol. The lowest BCUT2D eigenvalue weighted by Crippen LogP contribution is -1.96. The van der Waals surface area contributed by atoms with Crippen LogP contribution in [0, 0.1) is 0 Å². The van der Waals surface area contributed by atoms with Crippen LogP contribution in [0.5, 0.6) is 0 Å². The quantitative estimate of drug-likeness (QED) is 0.440. The predicted octanol–water partition coefficient (Wildman–Crippen LogP) is 1.34. The van der Waals surface area contributed by atoms with Crippen molar-refractivity contribution >= 4 is 0 Å². The third-order valence-electron chi connectivity index (χ3n) is 1.29. The van der Waals surface area contributed by atoms with Crippen molar-refractivity contribution < 1.29 is 0 Å². The molecule has 0 aliphatic heterocycles. The van der Waals surface area contributed by atoms with Gasteiger partial charge >= 0.3 is 0 Å². The molecule has 0 saturated heterocycles. The van der Waals surface area contributed by atoms with Gasteiger partial charge < -0.3 is 5.73 Å². The molecule has 0 aliphatic carbocycles. The number of unbranched alkanes of at least 4 members (excludes halogenated alkanes) is 2. The number of rotatable bonds is 6. The summed E-state index contributed by atoms with van der Waals surface area (Å²) in [5.74, 6) is 0. The zero-order chi connectivity index (χ0) is 7.66. The van der Waals surface area contributed by atoms with Crippen molar-refractivity contribution in [3.05, 3.63) is 12.2 Å². The summed E-state index contributed by atoms with van der Waals surface area (Å²) in [4.78, 5) is 0. The minimum absolute atomic E-state index is 0.543. The lowest BCUT2D eigenvalue weighted by Gasteiger charge is -1.89. The Morgan fingerprint density at radius 3 is 2.20 bits per heavy atom. The van der Waals surface area contributed by atoms with Gasteiger partial charge in [0.25, 0.3) is 0 Å². The van der Waals surface area contributed by atoms with Crippen LogP contribution in [0.1, 0.15) is 25.7 Å². The monoisotopic (exact) mass is 141 g/mol. The maximum absolute atomic E-state index is 6.87. The maximum Gasteiger partial charge on any atom is 0.0103 e. The van der Waals surface area contributed by atoms with Gasteiger partial charge in [-0.25, -0.2) is 0 Å². The first-order valence-corrected chi connectivity index (χ1v) is 3.91. The highest BCUT2D eigenvalue weighted by molar-refractivity contribution is 4.81. The Balaban J connectivity index is 2.89. The molecule has 0 bridgehead atoms. The van der Waals surface area contributed by atoms with E-state index in [2.05, 4.69) is 12.2 Å². The molecule has 0 rings (SSSR count). The number of nitrogens with two attached hydrogens (primary N) is 1. The molecule has 1 radical (unpaired) electrons. The van der Waals surface area contributed by atoms with Crippen molar-refractivity contribution in [3.63, 3.8) is 0 Å². The smallest absolute Gasteiger partial charge is 0.0103 e. The molecule has 2 heteroatoms. The SMILES string of the molecule is [NH]CCC/C=C/CCCN. The molecule has 0 saturated carbocycles. The Kier molecular flexibility index (Phi) is 8.37. The van der Waals surface area contributed by atoms with Gasteiger partial charge in [0.15, 0.2) is 0 Å². The Hall–Kier alpha value is -0.340. The molecule has 0 amide bonds.